The molecule has 1 aliphatic heterocycles. The molecule has 0 aliphatic carbocycles. The Morgan fingerprint density at radius 2 is 2.19 bits per heavy atom. The maximum absolute atomic E-state index is 9.82. The summed E-state index contributed by atoms with van der Waals surface area (Å²) in [6, 6.07) is 5.88. The molecule has 1 unspecified atom stereocenters. The number of piperidine rings is 1. The van der Waals surface area contributed by atoms with Gasteiger partial charge in [-0.2, -0.15) is 15.9 Å². The summed E-state index contributed by atoms with van der Waals surface area (Å²) in [5, 5.41) is 26.9. The summed E-state index contributed by atoms with van der Waals surface area (Å²) in [5.41, 5.74) is 1.76. The Hall–Kier alpha value is -1.99. The van der Waals surface area contributed by atoms with Gasteiger partial charge in [0, 0.05) is 24.0 Å². The minimum absolute atomic E-state index is 0.270. The van der Waals surface area contributed by atoms with Gasteiger partial charge in [0.05, 0.1) is 6.10 Å². The van der Waals surface area contributed by atoms with Crippen LogP contribution in [0.1, 0.15) is 12.8 Å². The summed E-state index contributed by atoms with van der Waals surface area (Å²) in [6.45, 7) is 1.56. The second-order valence-corrected chi connectivity index (χ2v) is 6.02. The largest absolute Gasteiger partial charge is 0.391 e. The number of β-amino-alcohol motifs (C(OH)–C–C–N with tert-alkyl or cyclic N) is 1. The highest BCUT2D eigenvalue weighted by Gasteiger charge is 2.20. The van der Waals surface area contributed by atoms with E-state index < -0.39 is 0 Å². The zero-order valence-electron chi connectivity index (χ0n) is 11.4. The molecule has 6 nitrogen and oxygen atoms in total. The van der Waals surface area contributed by atoms with E-state index in [4.69, 9.17) is 0 Å². The first-order chi connectivity index (χ1) is 10.3. The van der Waals surface area contributed by atoms with Crippen molar-refractivity contribution in [2.24, 2.45) is 0 Å². The van der Waals surface area contributed by atoms with Crippen molar-refractivity contribution in [3.63, 3.8) is 0 Å². The van der Waals surface area contributed by atoms with Gasteiger partial charge in [0.25, 0.3) is 0 Å². The Labute approximate surface area is 125 Å². The molecule has 1 N–H and O–H groups in total. The highest BCUT2D eigenvalue weighted by atomic mass is 32.1. The van der Waals surface area contributed by atoms with Crippen molar-refractivity contribution >= 4 is 22.8 Å². The molecule has 0 amide bonds. The molecule has 4 heterocycles. The lowest BCUT2D eigenvalue weighted by Gasteiger charge is -2.30. The van der Waals surface area contributed by atoms with Gasteiger partial charge in [-0.15, -0.1) is 15.3 Å². The fourth-order valence-corrected chi connectivity index (χ4v) is 3.32. The fourth-order valence-electron chi connectivity index (χ4n) is 2.68. The van der Waals surface area contributed by atoms with Crippen molar-refractivity contribution in [3.05, 3.63) is 29.0 Å². The van der Waals surface area contributed by atoms with Crippen molar-refractivity contribution in [2.45, 2.75) is 18.9 Å². The van der Waals surface area contributed by atoms with Crippen molar-refractivity contribution in [3.8, 4) is 11.4 Å². The molecule has 1 atom stereocenters. The first-order valence-electron chi connectivity index (χ1n) is 6.99. The normalized spacial score (nSPS) is 19.3. The molecule has 1 saturated heterocycles. The molecule has 0 radical (unpaired) electrons. The Bertz CT molecular complexity index is 754. The molecule has 4 rings (SSSR count). The van der Waals surface area contributed by atoms with Crippen molar-refractivity contribution in [2.75, 3.05) is 18.0 Å². The quantitative estimate of drug-likeness (QED) is 0.782. The maximum Gasteiger partial charge on any atom is 0.186 e. The van der Waals surface area contributed by atoms with Crippen LogP contribution < -0.4 is 4.90 Å². The van der Waals surface area contributed by atoms with Crippen molar-refractivity contribution in [1.82, 2.24) is 19.8 Å². The molecule has 0 spiro atoms. The topological polar surface area (TPSA) is 66.5 Å². The Morgan fingerprint density at radius 3 is 3.00 bits per heavy atom. The van der Waals surface area contributed by atoms with E-state index in [1.54, 1.807) is 15.9 Å². The minimum atomic E-state index is -0.270. The lowest BCUT2D eigenvalue weighted by Crippen LogP contribution is -2.38. The molecule has 0 saturated carbocycles. The summed E-state index contributed by atoms with van der Waals surface area (Å²) >= 11 is 1.63. The Morgan fingerprint density at radius 1 is 1.24 bits per heavy atom. The second kappa shape index (κ2) is 5.09. The van der Waals surface area contributed by atoms with Crippen LogP contribution in [0.2, 0.25) is 0 Å². The number of fused-ring (bicyclic) bond motifs is 1. The smallest absolute Gasteiger partial charge is 0.186 e. The summed E-state index contributed by atoms with van der Waals surface area (Å²) in [5.74, 6) is 1.61. The molecule has 3 aromatic heterocycles. The molecular weight excluding hydrogens is 286 g/mol. The van der Waals surface area contributed by atoms with E-state index in [2.05, 4.69) is 20.2 Å². The van der Waals surface area contributed by atoms with Crippen LogP contribution in [0.3, 0.4) is 0 Å². The first kappa shape index (κ1) is 12.7. The van der Waals surface area contributed by atoms with Gasteiger partial charge in [0.15, 0.2) is 11.5 Å². The number of anilines is 1. The number of rotatable bonds is 2. The van der Waals surface area contributed by atoms with Gasteiger partial charge < -0.3 is 10.0 Å². The van der Waals surface area contributed by atoms with Gasteiger partial charge in [0.2, 0.25) is 0 Å². The van der Waals surface area contributed by atoms with E-state index in [-0.39, 0.29) is 6.10 Å². The van der Waals surface area contributed by atoms with Gasteiger partial charge in [-0.1, -0.05) is 0 Å². The number of hydrogen-bond donors (Lipinski definition) is 1. The van der Waals surface area contributed by atoms with Crippen LogP contribution in [0, 0.1) is 0 Å². The van der Waals surface area contributed by atoms with E-state index in [1.807, 2.05) is 29.0 Å². The zero-order valence-corrected chi connectivity index (χ0v) is 12.2. The number of nitrogens with zero attached hydrogens (tertiary/aromatic N) is 5. The van der Waals surface area contributed by atoms with Crippen LogP contribution in [-0.2, 0) is 0 Å². The molecular formula is C14H15N5OS. The summed E-state index contributed by atoms with van der Waals surface area (Å²) in [4.78, 5) is 2.12. The van der Waals surface area contributed by atoms with Crippen LogP contribution in [0.15, 0.2) is 29.0 Å². The van der Waals surface area contributed by atoms with Crippen LogP contribution in [-0.4, -0.2) is 44.1 Å². The fraction of sp³-hybridized carbons (Fsp3) is 0.357. The zero-order chi connectivity index (χ0) is 14.2. The van der Waals surface area contributed by atoms with Gasteiger partial charge in [-0.25, -0.2) is 0 Å². The lowest BCUT2D eigenvalue weighted by molar-refractivity contribution is 0.153. The molecule has 1 aliphatic rings. The predicted molar refractivity (Wildman–Crippen MR) is 81.5 cm³/mol. The molecule has 0 bridgehead atoms. The minimum Gasteiger partial charge on any atom is -0.391 e. The Kier molecular flexibility index (Phi) is 3.08. The highest BCUT2D eigenvalue weighted by molar-refractivity contribution is 7.08. The van der Waals surface area contributed by atoms with E-state index in [9.17, 15) is 5.11 Å². The third kappa shape index (κ3) is 2.28. The predicted octanol–water partition coefficient (Wildman–Crippen LogP) is 1.81. The third-order valence-electron chi connectivity index (χ3n) is 3.75. The van der Waals surface area contributed by atoms with Gasteiger partial charge in [-0.3, -0.25) is 0 Å². The van der Waals surface area contributed by atoms with E-state index in [0.29, 0.717) is 6.54 Å². The number of aromatic nitrogens is 4. The Balaban J connectivity index is 1.76. The first-order valence-corrected chi connectivity index (χ1v) is 7.93. The summed E-state index contributed by atoms with van der Waals surface area (Å²) < 4.78 is 1.78. The van der Waals surface area contributed by atoms with Gasteiger partial charge in [-0.05, 0) is 36.4 Å². The SMILES string of the molecule is OC1CCCN(c2ccc3nnc(-c4ccsc4)n3n2)C1. The number of aliphatic hydroxyl groups excluding tert-OH is 1. The van der Waals surface area contributed by atoms with E-state index >= 15 is 0 Å². The number of thiophene rings is 1. The van der Waals surface area contributed by atoms with Crippen molar-refractivity contribution < 1.29 is 5.11 Å². The number of hydrogen-bond acceptors (Lipinski definition) is 6. The average Bonchev–Trinajstić information content (AvgIpc) is 3.15. The lowest BCUT2D eigenvalue weighted by atomic mass is 10.1. The highest BCUT2D eigenvalue weighted by Crippen LogP contribution is 2.23. The van der Waals surface area contributed by atoms with Crippen molar-refractivity contribution in [1.29, 1.82) is 0 Å². The summed E-state index contributed by atoms with van der Waals surface area (Å²) in [7, 11) is 0. The van der Waals surface area contributed by atoms with Crippen LogP contribution >= 0.6 is 11.3 Å². The number of aliphatic hydroxyl groups is 1. The monoisotopic (exact) mass is 301 g/mol. The maximum atomic E-state index is 9.82. The molecule has 21 heavy (non-hydrogen) atoms. The van der Waals surface area contributed by atoms with Crippen LogP contribution in [0.25, 0.3) is 17.0 Å². The standard InChI is InChI=1S/C14H15N5OS/c20-11-2-1-6-18(8-11)13-4-3-12-15-16-14(19(12)17-13)10-5-7-21-9-10/h3-5,7,9,11,20H,1-2,6,8H2. The molecule has 7 heteroatoms. The van der Waals surface area contributed by atoms with Gasteiger partial charge >= 0.3 is 0 Å². The molecule has 0 aromatic carbocycles. The van der Waals surface area contributed by atoms with E-state index in [1.165, 1.54) is 0 Å². The molecule has 1 fully saturated rings. The third-order valence-corrected chi connectivity index (χ3v) is 4.43. The van der Waals surface area contributed by atoms with Gasteiger partial charge in [0.1, 0.15) is 5.82 Å². The van der Waals surface area contributed by atoms with E-state index in [0.717, 1.165) is 42.2 Å². The molecule has 108 valence electrons. The van der Waals surface area contributed by atoms with Crippen LogP contribution in [0.5, 0.6) is 0 Å². The average molecular weight is 301 g/mol. The van der Waals surface area contributed by atoms with Crippen LogP contribution in [0.4, 0.5) is 5.82 Å². The summed E-state index contributed by atoms with van der Waals surface area (Å²) in [6.07, 6.45) is 1.58. The molecule has 3 aromatic rings. The second-order valence-electron chi connectivity index (χ2n) is 5.24.